The molecule has 6 heteroatoms. The number of alkyl halides is 3. The van der Waals surface area contributed by atoms with Crippen LogP contribution >= 0.6 is 28.3 Å². The molecule has 102 valence electrons. The Labute approximate surface area is 119 Å². The lowest BCUT2D eigenvalue weighted by molar-refractivity contribution is -0.137. The highest BCUT2D eigenvalue weighted by atomic mass is 79.9. The molecule has 1 aliphatic heterocycles. The third-order valence-corrected chi connectivity index (χ3v) is 3.73. The number of nitrogens with one attached hydrogen (secondary N) is 1. The van der Waals surface area contributed by atoms with Crippen molar-refractivity contribution in [2.75, 3.05) is 6.54 Å². The Kier molecular flexibility index (Phi) is 5.49. The minimum atomic E-state index is -4.27. The van der Waals surface area contributed by atoms with Crippen molar-refractivity contribution in [3.63, 3.8) is 0 Å². The first-order valence-electron chi connectivity index (χ1n) is 5.58. The van der Waals surface area contributed by atoms with Crippen LogP contribution in [0.25, 0.3) is 0 Å². The van der Waals surface area contributed by atoms with Crippen molar-refractivity contribution in [1.29, 1.82) is 0 Å². The maximum Gasteiger partial charge on any atom is 0.416 e. The minimum absolute atomic E-state index is 0. The van der Waals surface area contributed by atoms with E-state index in [-0.39, 0.29) is 18.4 Å². The van der Waals surface area contributed by atoms with E-state index in [9.17, 15) is 13.2 Å². The van der Waals surface area contributed by atoms with Crippen molar-refractivity contribution in [3.05, 3.63) is 33.8 Å². The fraction of sp³-hybridized carbons (Fsp3) is 0.500. The lowest BCUT2D eigenvalue weighted by Crippen LogP contribution is -2.27. The second-order valence-corrected chi connectivity index (χ2v) is 5.09. The highest BCUT2D eigenvalue weighted by molar-refractivity contribution is 9.10. The minimum Gasteiger partial charge on any atom is -0.310 e. The van der Waals surface area contributed by atoms with Gasteiger partial charge in [-0.3, -0.25) is 0 Å². The molecule has 0 spiro atoms. The van der Waals surface area contributed by atoms with Gasteiger partial charge in [-0.25, -0.2) is 0 Å². The van der Waals surface area contributed by atoms with Gasteiger partial charge in [0.2, 0.25) is 0 Å². The SMILES string of the molecule is Cl.FC(F)(F)c1ccc(Br)c([C@@H]2CCCCN2)c1. The molecular formula is C12H14BrClF3N. The predicted octanol–water partition coefficient (Wildman–Crippen LogP) is 4.70. The quantitative estimate of drug-likeness (QED) is 0.778. The molecule has 1 aromatic carbocycles. The van der Waals surface area contributed by atoms with E-state index in [1.165, 1.54) is 12.1 Å². The van der Waals surface area contributed by atoms with Crippen LogP contribution in [0.1, 0.15) is 36.4 Å². The molecule has 0 bridgehead atoms. The zero-order chi connectivity index (χ0) is 12.5. The van der Waals surface area contributed by atoms with Gasteiger partial charge in [-0.15, -0.1) is 12.4 Å². The Morgan fingerprint density at radius 1 is 1.22 bits per heavy atom. The van der Waals surface area contributed by atoms with E-state index in [2.05, 4.69) is 21.2 Å². The number of benzene rings is 1. The molecule has 0 unspecified atom stereocenters. The Bertz CT molecular complexity index is 403. The van der Waals surface area contributed by atoms with Crippen molar-refractivity contribution in [3.8, 4) is 0 Å². The number of hydrogen-bond acceptors (Lipinski definition) is 1. The number of halogens is 5. The van der Waals surface area contributed by atoms with Gasteiger partial charge in [-0.1, -0.05) is 22.4 Å². The molecule has 0 aromatic heterocycles. The molecule has 1 heterocycles. The smallest absolute Gasteiger partial charge is 0.310 e. The van der Waals surface area contributed by atoms with Crippen LogP contribution in [-0.2, 0) is 6.18 Å². The van der Waals surface area contributed by atoms with Gasteiger partial charge in [0.25, 0.3) is 0 Å². The molecule has 0 aliphatic carbocycles. The standard InChI is InChI=1S/C12H13BrF3N.ClH/c13-10-5-4-8(12(14,15)16)7-9(10)11-3-1-2-6-17-11;/h4-5,7,11,17H,1-3,6H2;1H/t11-;/m0./s1. The molecule has 1 fully saturated rings. The molecule has 1 atom stereocenters. The summed E-state index contributed by atoms with van der Waals surface area (Å²) in [5.41, 5.74) is 0.127. The third-order valence-electron chi connectivity index (χ3n) is 3.01. The Hall–Kier alpha value is -0.260. The lowest BCUT2D eigenvalue weighted by Gasteiger charge is -2.25. The number of rotatable bonds is 1. The molecular weight excluding hydrogens is 330 g/mol. The van der Waals surface area contributed by atoms with Crippen LogP contribution in [0.2, 0.25) is 0 Å². The van der Waals surface area contributed by atoms with E-state index in [4.69, 9.17) is 0 Å². The molecule has 1 nitrogen and oxygen atoms in total. The highest BCUT2D eigenvalue weighted by Crippen LogP contribution is 2.35. The summed E-state index contributed by atoms with van der Waals surface area (Å²) in [5.74, 6) is 0. The molecule has 0 amide bonds. The van der Waals surface area contributed by atoms with Crippen molar-refractivity contribution < 1.29 is 13.2 Å². The zero-order valence-electron chi connectivity index (χ0n) is 9.56. The van der Waals surface area contributed by atoms with Gasteiger partial charge >= 0.3 is 6.18 Å². The van der Waals surface area contributed by atoms with Crippen molar-refractivity contribution in [1.82, 2.24) is 5.32 Å². The Morgan fingerprint density at radius 3 is 2.50 bits per heavy atom. The van der Waals surface area contributed by atoms with Crippen LogP contribution in [0.4, 0.5) is 13.2 Å². The van der Waals surface area contributed by atoms with Gasteiger partial charge in [0, 0.05) is 10.5 Å². The topological polar surface area (TPSA) is 12.0 Å². The molecule has 1 saturated heterocycles. The molecule has 1 aliphatic rings. The summed E-state index contributed by atoms with van der Waals surface area (Å²) in [4.78, 5) is 0. The highest BCUT2D eigenvalue weighted by Gasteiger charge is 2.31. The molecule has 2 rings (SSSR count). The third kappa shape index (κ3) is 3.62. The van der Waals surface area contributed by atoms with Crippen molar-refractivity contribution >= 4 is 28.3 Å². The van der Waals surface area contributed by atoms with Gasteiger partial charge in [0.15, 0.2) is 0 Å². The second kappa shape index (κ2) is 6.26. The van der Waals surface area contributed by atoms with Gasteiger partial charge in [0.05, 0.1) is 5.56 Å². The zero-order valence-corrected chi connectivity index (χ0v) is 12.0. The van der Waals surface area contributed by atoms with Gasteiger partial charge in [-0.05, 0) is 43.1 Å². The normalized spacial score (nSPS) is 20.3. The lowest BCUT2D eigenvalue weighted by atomic mass is 9.96. The maximum absolute atomic E-state index is 12.6. The fourth-order valence-electron chi connectivity index (χ4n) is 2.10. The Balaban J connectivity index is 0.00000162. The first-order valence-corrected chi connectivity index (χ1v) is 6.38. The van der Waals surface area contributed by atoms with Crippen LogP contribution in [0.3, 0.4) is 0 Å². The first kappa shape index (κ1) is 15.8. The summed E-state index contributed by atoms with van der Waals surface area (Å²) in [6.07, 6.45) is -1.24. The van der Waals surface area contributed by atoms with Crippen molar-refractivity contribution in [2.24, 2.45) is 0 Å². The van der Waals surface area contributed by atoms with E-state index in [1.807, 2.05) is 0 Å². The monoisotopic (exact) mass is 343 g/mol. The Morgan fingerprint density at radius 2 is 1.94 bits per heavy atom. The van der Waals surface area contributed by atoms with Crippen LogP contribution in [-0.4, -0.2) is 6.54 Å². The maximum atomic E-state index is 12.6. The molecule has 18 heavy (non-hydrogen) atoms. The summed E-state index contributed by atoms with van der Waals surface area (Å²) in [7, 11) is 0. The van der Waals surface area contributed by atoms with Crippen LogP contribution < -0.4 is 5.32 Å². The molecule has 1 N–H and O–H groups in total. The van der Waals surface area contributed by atoms with E-state index in [1.54, 1.807) is 0 Å². The van der Waals surface area contributed by atoms with Crippen LogP contribution in [0.5, 0.6) is 0 Å². The largest absolute Gasteiger partial charge is 0.416 e. The van der Waals surface area contributed by atoms with Gasteiger partial charge in [-0.2, -0.15) is 13.2 Å². The van der Waals surface area contributed by atoms with E-state index < -0.39 is 11.7 Å². The van der Waals surface area contributed by atoms with Crippen molar-refractivity contribution in [2.45, 2.75) is 31.5 Å². The second-order valence-electron chi connectivity index (χ2n) is 4.24. The predicted molar refractivity (Wildman–Crippen MR) is 71.0 cm³/mol. The molecule has 0 saturated carbocycles. The van der Waals surface area contributed by atoms with E-state index >= 15 is 0 Å². The average molecular weight is 345 g/mol. The van der Waals surface area contributed by atoms with Crippen LogP contribution in [0, 0.1) is 0 Å². The summed E-state index contributed by atoms with van der Waals surface area (Å²) >= 11 is 3.33. The summed E-state index contributed by atoms with van der Waals surface area (Å²) in [5, 5.41) is 3.26. The molecule has 0 radical (unpaired) electrons. The first-order chi connectivity index (χ1) is 7.98. The van der Waals surface area contributed by atoms with E-state index in [0.717, 1.165) is 36.3 Å². The summed E-state index contributed by atoms with van der Waals surface area (Å²) in [6, 6.07) is 3.86. The van der Waals surface area contributed by atoms with Gasteiger partial charge < -0.3 is 5.32 Å². The van der Waals surface area contributed by atoms with Gasteiger partial charge in [0.1, 0.15) is 0 Å². The average Bonchev–Trinajstić information content (AvgIpc) is 2.29. The number of piperidine rings is 1. The molecule has 1 aromatic rings. The summed E-state index contributed by atoms with van der Waals surface area (Å²) in [6.45, 7) is 0.868. The number of hydrogen-bond donors (Lipinski definition) is 1. The van der Waals surface area contributed by atoms with Crippen LogP contribution in [0.15, 0.2) is 22.7 Å². The van der Waals surface area contributed by atoms with E-state index in [0.29, 0.717) is 5.56 Å². The summed E-state index contributed by atoms with van der Waals surface area (Å²) < 4.78 is 38.6. The fourth-order valence-corrected chi connectivity index (χ4v) is 2.63.